The molecule has 1 amide bonds. The van der Waals surface area contributed by atoms with E-state index in [1.54, 1.807) is 6.92 Å². The highest BCUT2D eigenvalue weighted by molar-refractivity contribution is 8.03. The summed E-state index contributed by atoms with van der Waals surface area (Å²) in [5, 5.41) is 18.7. The predicted molar refractivity (Wildman–Crippen MR) is 139 cm³/mol. The molecule has 1 aliphatic rings. The van der Waals surface area contributed by atoms with Crippen molar-refractivity contribution < 1.29 is 14.0 Å². The van der Waals surface area contributed by atoms with Gasteiger partial charge in [0.25, 0.3) is 5.91 Å². The Morgan fingerprint density at radius 3 is 2.51 bits per heavy atom. The van der Waals surface area contributed by atoms with Crippen LogP contribution in [0.5, 0.6) is 0 Å². The van der Waals surface area contributed by atoms with Crippen LogP contribution >= 0.6 is 23.1 Å². The largest absolute Gasteiger partial charge is 0.353 e. The van der Waals surface area contributed by atoms with Crippen molar-refractivity contribution in [3.8, 4) is 6.07 Å². The minimum Gasteiger partial charge on any atom is -0.353 e. The fourth-order valence-electron chi connectivity index (χ4n) is 3.83. The van der Waals surface area contributed by atoms with E-state index in [9.17, 15) is 19.2 Å². The fourth-order valence-corrected chi connectivity index (χ4v) is 5.66. The molecule has 4 rings (SSSR count). The van der Waals surface area contributed by atoms with Gasteiger partial charge < -0.3 is 10.6 Å². The Bertz CT molecular complexity index is 1370. The Labute approximate surface area is 211 Å². The molecule has 0 saturated carbocycles. The maximum absolute atomic E-state index is 13.5. The van der Waals surface area contributed by atoms with E-state index in [2.05, 4.69) is 16.7 Å². The lowest BCUT2D eigenvalue weighted by Gasteiger charge is -2.29. The van der Waals surface area contributed by atoms with Crippen molar-refractivity contribution in [2.45, 2.75) is 19.8 Å². The molecule has 176 valence electrons. The Morgan fingerprint density at radius 2 is 1.86 bits per heavy atom. The molecule has 0 unspecified atom stereocenters. The third-order valence-electron chi connectivity index (χ3n) is 5.63. The Kier molecular flexibility index (Phi) is 7.49. The standard InChI is InChI=1S/C27H22FN3O2S2/c1-16-6-3-4-7-21(16)31-26(33)24-17(2)30-27(20(14-29)25(24)23-8-5-13-34-23)35-15-22(32)18-9-11-19(28)12-10-18/h3-13,25,30H,15H2,1-2H3,(H,31,33)/t25-/m0/s1. The van der Waals surface area contributed by atoms with Crippen LogP contribution in [0.25, 0.3) is 0 Å². The lowest BCUT2D eigenvalue weighted by Crippen LogP contribution is -2.30. The Morgan fingerprint density at radius 1 is 1.11 bits per heavy atom. The molecule has 2 aromatic carbocycles. The van der Waals surface area contributed by atoms with Crippen molar-refractivity contribution in [2.75, 3.05) is 11.1 Å². The number of benzene rings is 2. The number of halogens is 1. The van der Waals surface area contributed by atoms with Gasteiger partial charge in [0.15, 0.2) is 5.78 Å². The van der Waals surface area contributed by atoms with Crippen molar-refractivity contribution in [3.63, 3.8) is 0 Å². The van der Waals surface area contributed by atoms with Gasteiger partial charge in [-0.25, -0.2) is 4.39 Å². The van der Waals surface area contributed by atoms with Gasteiger partial charge in [-0.2, -0.15) is 5.26 Å². The van der Waals surface area contributed by atoms with Gasteiger partial charge in [0.2, 0.25) is 0 Å². The highest BCUT2D eigenvalue weighted by Gasteiger charge is 2.35. The molecule has 0 aliphatic carbocycles. The molecule has 8 heteroatoms. The van der Waals surface area contributed by atoms with E-state index in [1.165, 1.54) is 47.4 Å². The summed E-state index contributed by atoms with van der Waals surface area (Å²) in [4.78, 5) is 27.0. The second-order valence-corrected chi connectivity index (χ2v) is 9.92. The number of nitriles is 1. The van der Waals surface area contributed by atoms with Crippen LogP contribution in [0.3, 0.4) is 0 Å². The molecular formula is C27H22FN3O2S2. The number of anilines is 1. The van der Waals surface area contributed by atoms with Crippen LogP contribution in [-0.2, 0) is 4.79 Å². The van der Waals surface area contributed by atoms with E-state index in [0.717, 1.165) is 10.4 Å². The smallest absolute Gasteiger partial charge is 0.254 e. The van der Waals surface area contributed by atoms with E-state index < -0.39 is 11.7 Å². The number of ketones is 1. The lowest BCUT2D eigenvalue weighted by atomic mass is 9.86. The van der Waals surface area contributed by atoms with Crippen LogP contribution in [0.2, 0.25) is 0 Å². The number of nitrogens with one attached hydrogen (secondary N) is 2. The average Bonchev–Trinajstić information content (AvgIpc) is 3.38. The van der Waals surface area contributed by atoms with Gasteiger partial charge in [-0.05, 0) is 61.2 Å². The number of aryl methyl sites for hydroxylation is 1. The molecule has 5 nitrogen and oxygen atoms in total. The summed E-state index contributed by atoms with van der Waals surface area (Å²) in [7, 11) is 0. The predicted octanol–water partition coefficient (Wildman–Crippen LogP) is 6.15. The first-order valence-electron chi connectivity index (χ1n) is 10.8. The highest BCUT2D eigenvalue weighted by atomic mass is 32.2. The number of Topliss-reactive ketones (excluding diaryl/α,β-unsaturated/α-hetero) is 1. The molecule has 3 aromatic rings. The van der Waals surface area contributed by atoms with Gasteiger partial charge in [0.05, 0.1) is 28.3 Å². The molecule has 0 radical (unpaired) electrons. The molecule has 2 heterocycles. The minimum absolute atomic E-state index is 0.0638. The van der Waals surface area contributed by atoms with E-state index in [4.69, 9.17) is 0 Å². The zero-order valence-corrected chi connectivity index (χ0v) is 20.7. The first-order chi connectivity index (χ1) is 16.9. The number of allylic oxidation sites excluding steroid dienone is 2. The summed E-state index contributed by atoms with van der Waals surface area (Å²) in [5.41, 5.74) is 3.49. The van der Waals surface area contributed by atoms with E-state index in [0.29, 0.717) is 33.1 Å². The summed E-state index contributed by atoms with van der Waals surface area (Å²) in [6.07, 6.45) is 0. The van der Waals surface area contributed by atoms with Gasteiger partial charge in [0, 0.05) is 27.4 Å². The van der Waals surface area contributed by atoms with Crippen molar-refractivity contribution in [1.29, 1.82) is 5.26 Å². The Balaban J connectivity index is 1.64. The number of hydrogen-bond acceptors (Lipinski definition) is 6. The SMILES string of the molecule is CC1=C(C(=O)Nc2ccccc2C)[C@H](c2cccs2)C(C#N)=C(SCC(=O)c2ccc(F)cc2)N1. The summed E-state index contributed by atoms with van der Waals surface area (Å²) in [6, 6.07) is 18.9. The molecule has 0 saturated heterocycles. The number of para-hydroxylation sites is 1. The van der Waals surface area contributed by atoms with Gasteiger partial charge in [-0.15, -0.1) is 11.3 Å². The number of carbonyl (C=O) groups is 2. The summed E-state index contributed by atoms with van der Waals surface area (Å²) < 4.78 is 13.2. The minimum atomic E-state index is -0.561. The Hall–Kier alpha value is -3.67. The maximum Gasteiger partial charge on any atom is 0.254 e. The number of thioether (sulfide) groups is 1. The maximum atomic E-state index is 13.5. The molecule has 1 atom stereocenters. The van der Waals surface area contributed by atoms with Crippen LogP contribution in [0.4, 0.5) is 10.1 Å². The van der Waals surface area contributed by atoms with Gasteiger partial charge >= 0.3 is 0 Å². The second-order valence-electron chi connectivity index (χ2n) is 7.95. The fraction of sp³-hybridized carbons (Fsp3) is 0.148. The molecule has 35 heavy (non-hydrogen) atoms. The molecule has 0 fully saturated rings. The van der Waals surface area contributed by atoms with Gasteiger partial charge in [-0.3, -0.25) is 9.59 Å². The zero-order valence-electron chi connectivity index (χ0n) is 19.1. The topological polar surface area (TPSA) is 82.0 Å². The van der Waals surface area contributed by atoms with Gasteiger partial charge in [-0.1, -0.05) is 36.0 Å². The van der Waals surface area contributed by atoms with Crippen LogP contribution in [0.1, 0.15) is 33.6 Å². The van der Waals surface area contributed by atoms with Crippen molar-refractivity contribution in [2.24, 2.45) is 0 Å². The molecular weight excluding hydrogens is 481 g/mol. The number of dihydropyridines is 1. The number of rotatable bonds is 7. The molecule has 2 N–H and O–H groups in total. The third-order valence-corrected chi connectivity index (χ3v) is 7.58. The third kappa shape index (κ3) is 5.37. The quantitative estimate of drug-likeness (QED) is 0.378. The lowest BCUT2D eigenvalue weighted by molar-refractivity contribution is -0.113. The van der Waals surface area contributed by atoms with Crippen molar-refractivity contribution >= 4 is 40.5 Å². The summed E-state index contributed by atoms with van der Waals surface area (Å²) in [6.45, 7) is 3.71. The number of carbonyl (C=O) groups excluding carboxylic acids is 2. The molecule has 0 spiro atoms. The van der Waals surface area contributed by atoms with Crippen LogP contribution in [-0.4, -0.2) is 17.4 Å². The second kappa shape index (κ2) is 10.7. The van der Waals surface area contributed by atoms with Crippen molar-refractivity contribution in [1.82, 2.24) is 5.32 Å². The molecule has 0 bridgehead atoms. The van der Waals surface area contributed by atoms with E-state index in [-0.39, 0.29) is 17.4 Å². The van der Waals surface area contributed by atoms with Crippen LogP contribution in [0, 0.1) is 24.1 Å². The van der Waals surface area contributed by atoms with E-state index in [1.807, 2.05) is 48.7 Å². The van der Waals surface area contributed by atoms with Gasteiger partial charge in [0.1, 0.15) is 5.82 Å². The van der Waals surface area contributed by atoms with E-state index >= 15 is 0 Å². The number of thiophene rings is 1. The van der Waals surface area contributed by atoms with Crippen LogP contribution < -0.4 is 10.6 Å². The number of amides is 1. The highest BCUT2D eigenvalue weighted by Crippen LogP contribution is 2.42. The summed E-state index contributed by atoms with van der Waals surface area (Å²) in [5.74, 6) is -1.38. The number of nitrogens with zero attached hydrogens (tertiary/aromatic N) is 1. The molecule has 1 aliphatic heterocycles. The van der Waals surface area contributed by atoms with Crippen molar-refractivity contribution in [3.05, 3.63) is 110 Å². The average molecular weight is 504 g/mol. The number of hydrogen-bond donors (Lipinski definition) is 2. The normalized spacial score (nSPS) is 15.4. The first-order valence-corrected chi connectivity index (χ1v) is 12.7. The molecule has 1 aromatic heterocycles. The zero-order chi connectivity index (χ0) is 24.9. The summed E-state index contributed by atoms with van der Waals surface area (Å²) >= 11 is 2.67. The monoisotopic (exact) mass is 503 g/mol. The van der Waals surface area contributed by atoms with Crippen LogP contribution in [0.15, 0.2) is 87.9 Å². The first kappa shape index (κ1) is 24.5.